The van der Waals surface area contributed by atoms with Crippen LogP contribution < -0.4 is 16.8 Å². The minimum atomic E-state index is -0.554. The number of hydrogen-bond acceptors (Lipinski definition) is 9. The highest BCUT2D eigenvalue weighted by Crippen LogP contribution is 2.30. The number of aliphatic hydroxyl groups is 1. The third-order valence-corrected chi connectivity index (χ3v) is 5.96. The summed E-state index contributed by atoms with van der Waals surface area (Å²) in [7, 11) is 1.91. The fourth-order valence-electron chi connectivity index (χ4n) is 3.92. The first kappa shape index (κ1) is 20.2. The van der Waals surface area contributed by atoms with Crippen molar-refractivity contribution < 1.29 is 5.11 Å². The van der Waals surface area contributed by atoms with Crippen molar-refractivity contribution in [2.45, 2.75) is 26.1 Å². The van der Waals surface area contributed by atoms with E-state index >= 15 is 0 Å². The molecule has 0 aromatic carbocycles. The zero-order valence-electron chi connectivity index (χ0n) is 17.9. The molecule has 0 saturated heterocycles. The summed E-state index contributed by atoms with van der Waals surface area (Å²) in [6.45, 7) is 3.14. The largest absolute Gasteiger partial charge is 0.397 e. The molecule has 4 aromatic rings. The predicted octanol–water partition coefficient (Wildman–Crippen LogP) is 1.91. The second kappa shape index (κ2) is 7.74. The summed E-state index contributed by atoms with van der Waals surface area (Å²) in [5.74, 6) is 1.72. The number of nitrogen functional groups attached to an aromatic ring is 2. The molecule has 5 rings (SSSR count). The average Bonchev–Trinajstić information content (AvgIpc) is 3.08. The van der Waals surface area contributed by atoms with Gasteiger partial charge in [0.05, 0.1) is 24.1 Å². The number of nitrogens with zero attached hydrogens (tertiary/aromatic N) is 6. The van der Waals surface area contributed by atoms with Crippen LogP contribution in [0.3, 0.4) is 0 Å². The zero-order valence-corrected chi connectivity index (χ0v) is 17.9. The fraction of sp³-hybridized carbons (Fsp3) is 0.273. The first-order chi connectivity index (χ1) is 15.4. The van der Waals surface area contributed by atoms with Crippen LogP contribution in [-0.2, 0) is 13.0 Å². The fourth-order valence-corrected chi connectivity index (χ4v) is 3.92. The van der Waals surface area contributed by atoms with Gasteiger partial charge in [-0.2, -0.15) is 5.10 Å². The summed E-state index contributed by atoms with van der Waals surface area (Å²) in [5.41, 5.74) is 16.4. The molecule has 5 heterocycles. The van der Waals surface area contributed by atoms with Crippen molar-refractivity contribution in [1.29, 1.82) is 0 Å². The number of aromatic nitrogens is 5. The van der Waals surface area contributed by atoms with Gasteiger partial charge in [0.25, 0.3) is 0 Å². The van der Waals surface area contributed by atoms with Crippen LogP contribution in [0.4, 0.5) is 23.1 Å². The molecule has 10 heteroatoms. The van der Waals surface area contributed by atoms with E-state index in [1.807, 2.05) is 41.8 Å². The van der Waals surface area contributed by atoms with E-state index < -0.39 is 6.23 Å². The smallest absolute Gasteiger partial charge is 0.153 e. The van der Waals surface area contributed by atoms with Crippen LogP contribution in [0, 0.1) is 6.92 Å². The summed E-state index contributed by atoms with van der Waals surface area (Å²) >= 11 is 0. The summed E-state index contributed by atoms with van der Waals surface area (Å²) < 4.78 is 1.84. The number of rotatable bonds is 3. The molecule has 0 fully saturated rings. The van der Waals surface area contributed by atoms with Crippen LogP contribution in [0.15, 0.2) is 36.8 Å². The highest BCUT2D eigenvalue weighted by molar-refractivity contribution is 5.95. The molecule has 4 aromatic heterocycles. The summed E-state index contributed by atoms with van der Waals surface area (Å²) in [5, 5.41) is 19.7. The van der Waals surface area contributed by atoms with Crippen LogP contribution in [-0.4, -0.2) is 54.6 Å². The number of hydrogen-bond donors (Lipinski definition) is 4. The van der Waals surface area contributed by atoms with Crippen molar-refractivity contribution in [2.24, 2.45) is 0 Å². The van der Waals surface area contributed by atoms with Crippen molar-refractivity contribution in [1.82, 2.24) is 29.6 Å². The van der Waals surface area contributed by atoms with Gasteiger partial charge in [0.15, 0.2) is 5.82 Å². The van der Waals surface area contributed by atoms with Gasteiger partial charge >= 0.3 is 0 Å². The van der Waals surface area contributed by atoms with Gasteiger partial charge in [-0.3, -0.25) is 14.6 Å². The molecule has 0 radical (unpaired) electrons. The van der Waals surface area contributed by atoms with Gasteiger partial charge in [0.2, 0.25) is 0 Å². The minimum absolute atomic E-state index is 0.394. The molecule has 1 aliphatic rings. The van der Waals surface area contributed by atoms with E-state index in [-0.39, 0.29) is 0 Å². The SMILES string of the molecule is Cc1c(N)cncc1-c1cc2cc(Nc3cc4n(n3)CC(O)N(C)CC4)ncc2c(N)n1. The molecule has 0 spiro atoms. The minimum Gasteiger partial charge on any atom is -0.397 e. The van der Waals surface area contributed by atoms with Gasteiger partial charge in [0.1, 0.15) is 17.9 Å². The van der Waals surface area contributed by atoms with E-state index in [9.17, 15) is 5.11 Å². The van der Waals surface area contributed by atoms with E-state index in [4.69, 9.17) is 11.5 Å². The van der Waals surface area contributed by atoms with Gasteiger partial charge in [0, 0.05) is 48.1 Å². The number of pyridine rings is 3. The monoisotopic (exact) mass is 431 g/mol. The Morgan fingerprint density at radius 1 is 1.12 bits per heavy atom. The molecule has 0 saturated carbocycles. The van der Waals surface area contributed by atoms with E-state index in [1.165, 1.54) is 0 Å². The van der Waals surface area contributed by atoms with Crippen molar-refractivity contribution in [2.75, 3.05) is 30.4 Å². The maximum absolute atomic E-state index is 10.2. The van der Waals surface area contributed by atoms with Crippen LogP contribution in [0.5, 0.6) is 0 Å². The Hall–Kier alpha value is -3.76. The van der Waals surface area contributed by atoms with Crippen LogP contribution >= 0.6 is 0 Å². The van der Waals surface area contributed by atoms with Gasteiger partial charge in [-0.15, -0.1) is 0 Å². The molecule has 164 valence electrons. The Morgan fingerprint density at radius 2 is 1.97 bits per heavy atom. The van der Waals surface area contributed by atoms with Gasteiger partial charge in [-0.1, -0.05) is 0 Å². The molecular formula is C22H25N9O. The van der Waals surface area contributed by atoms with Crippen molar-refractivity contribution in [3.05, 3.63) is 48.0 Å². The first-order valence-corrected chi connectivity index (χ1v) is 10.4. The normalized spacial score (nSPS) is 16.7. The molecule has 0 bridgehead atoms. The van der Waals surface area contributed by atoms with Crippen molar-refractivity contribution in [3.63, 3.8) is 0 Å². The Balaban J connectivity index is 1.48. The van der Waals surface area contributed by atoms with Gasteiger partial charge in [-0.25, -0.2) is 9.97 Å². The highest BCUT2D eigenvalue weighted by Gasteiger charge is 2.20. The Bertz CT molecular complexity index is 1320. The standard InChI is InChI=1S/C22H25N9O/c1-12-15(8-25-10-17(12)23)18-5-13-6-19(26-9-16(13)22(24)27-18)28-20-7-14-3-4-30(2)21(32)11-31(14)29-20/h5-10,21,32H,3-4,11,23H2,1-2H3,(H2,24,27)(H,26,28,29). The zero-order chi connectivity index (χ0) is 22.4. The number of likely N-dealkylation sites (N-methyl/N-ethyl adjacent to an activating group) is 1. The van der Waals surface area contributed by atoms with E-state index in [1.54, 1.807) is 18.6 Å². The number of anilines is 4. The molecule has 1 unspecified atom stereocenters. The molecule has 1 atom stereocenters. The van der Waals surface area contributed by atoms with E-state index in [2.05, 4.69) is 25.4 Å². The maximum atomic E-state index is 10.2. The summed E-state index contributed by atoms with van der Waals surface area (Å²) in [4.78, 5) is 15.1. The summed E-state index contributed by atoms with van der Waals surface area (Å²) in [6, 6.07) is 5.86. The lowest BCUT2D eigenvalue weighted by molar-refractivity contribution is 0.0137. The van der Waals surface area contributed by atoms with Gasteiger partial charge < -0.3 is 21.9 Å². The second-order valence-electron chi connectivity index (χ2n) is 8.12. The Morgan fingerprint density at radius 3 is 2.81 bits per heavy atom. The summed E-state index contributed by atoms with van der Waals surface area (Å²) in [6.07, 6.45) is 5.32. The first-order valence-electron chi connectivity index (χ1n) is 10.4. The number of nitrogens with two attached hydrogens (primary N) is 2. The molecule has 32 heavy (non-hydrogen) atoms. The Labute approximate surface area is 184 Å². The maximum Gasteiger partial charge on any atom is 0.153 e. The lowest BCUT2D eigenvalue weighted by Crippen LogP contribution is -2.34. The molecule has 6 N–H and O–H groups in total. The Kier molecular flexibility index (Phi) is 4.87. The molecule has 10 nitrogen and oxygen atoms in total. The topological polar surface area (TPSA) is 144 Å². The second-order valence-corrected chi connectivity index (χ2v) is 8.12. The van der Waals surface area contributed by atoms with E-state index in [0.717, 1.165) is 40.6 Å². The lowest BCUT2D eigenvalue weighted by atomic mass is 10.0. The van der Waals surface area contributed by atoms with Crippen LogP contribution in [0.25, 0.3) is 22.0 Å². The average molecular weight is 432 g/mol. The van der Waals surface area contributed by atoms with Crippen molar-refractivity contribution >= 4 is 33.9 Å². The highest BCUT2D eigenvalue weighted by atomic mass is 16.3. The molecular weight excluding hydrogens is 406 g/mol. The molecule has 1 aliphatic heterocycles. The third-order valence-electron chi connectivity index (χ3n) is 5.96. The van der Waals surface area contributed by atoms with Crippen molar-refractivity contribution in [3.8, 4) is 11.3 Å². The number of fused-ring (bicyclic) bond motifs is 2. The lowest BCUT2D eigenvalue weighted by Gasteiger charge is -2.19. The third kappa shape index (κ3) is 3.59. The number of aliphatic hydroxyl groups excluding tert-OH is 1. The predicted molar refractivity (Wildman–Crippen MR) is 124 cm³/mol. The molecule has 0 aliphatic carbocycles. The van der Waals surface area contributed by atoms with Crippen LogP contribution in [0.1, 0.15) is 11.3 Å². The van der Waals surface area contributed by atoms with Crippen LogP contribution in [0.2, 0.25) is 0 Å². The quantitative estimate of drug-likeness (QED) is 0.382. The molecule has 0 amide bonds. The van der Waals surface area contributed by atoms with E-state index in [0.29, 0.717) is 35.4 Å². The van der Waals surface area contributed by atoms with Gasteiger partial charge in [-0.05, 0) is 37.1 Å². The number of nitrogens with one attached hydrogen (secondary N) is 1.